The van der Waals surface area contributed by atoms with E-state index in [1.165, 1.54) is 25.7 Å². The van der Waals surface area contributed by atoms with Crippen molar-refractivity contribution >= 4 is 32.8 Å². The van der Waals surface area contributed by atoms with Crippen LogP contribution in [0.5, 0.6) is 0 Å². The predicted molar refractivity (Wildman–Crippen MR) is 90.6 cm³/mol. The molecule has 112 valence electrons. The number of benzene rings is 1. The highest BCUT2D eigenvalue weighted by atomic mass is 79.9. The summed E-state index contributed by atoms with van der Waals surface area (Å²) in [5.74, 6) is 0.883. The van der Waals surface area contributed by atoms with Gasteiger partial charge in [-0.1, -0.05) is 15.9 Å². The summed E-state index contributed by atoms with van der Waals surface area (Å²) in [5.41, 5.74) is 1.86. The van der Waals surface area contributed by atoms with Gasteiger partial charge in [0.2, 0.25) is 0 Å². The lowest BCUT2D eigenvalue weighted by Gasteiger charge is -2.33. The maximum Gasteiger partial charge on any atom is 0.145 e. The Morgan fingerprint density at radius 3 is 2.62 bits per heavy atom. The standard InChI is InChI=1S/C16H21BrN4/c1-21(2)13-6-4-12(5-7-13)19-16-10-18-14-8-3-11(17)9-15(14)20-16/h3,8-10,12-13H,4-7H2,1-2H3,(H,19,20). The first-order chi connectivity index (χ1) is 10.1. The maximum absolute atomic E-state index is 4.67. The molecule has 1 fully saturated rings. The van der Waals surface area contributed by atoms with Gasteiger partial charge < -0.3 is 10.2 Å². The van der Waals surface area contributed by atoms with Crippen molar-refractivity contribution in [3.8, 4) is 0 Å². The summed E-state index contributed by atoms with van der Waals surface area (Å²) in [6.07, 6.45) is 6.73. The van der Waals surface area contributed by atoms with Crippen LogP contribution in [-0.4, -0.2) is 41.0 Å². The van der Waals surface area contributed by atoms with Gasteiger partial charge in [0.05, 0.1) is 17.2 Å². The van der Waals surface area contributed by atoms with Crippen molar-refractivity contribution in [1.29, 1.82) is 0 Å². The molecule has 1 N–H and O–H groups in total. The van der Waals surface area contributed by atoms with E-state index in [4.69, 9.17) is 0 Å². The molecule has 21 heavy (non-hydrogen) atoms. The van der Waals surface area contributed by atoms with Crippen LogP contribution in [-0.2, 0) is 0 Å². The molecule has 0 atom stereocenters. The third kappa shape index (κ3) is 3.52. The Morgan fingerprint density at radius 2 is 1.90 bits per heavy atom. The van der Waals surface area contributed by atoms with E-state index in [1.807, 2.05) is 24.4 Å². The Hall–Kier alpha value is -1.20. The van der Waals surface area contributed by atoms with Crippen LogP contribution in [0.1, 0.15) is 25.7 Å². The third-order valence-corrected chi connectivity index (χ3v) is 4.78. The largest absolute Gasteiger partial charge is 0.366 e. The van der Waals surface area contributed by atoms with Gasteiger partial charge >= 0.3 is 0 Å². The van der Waals surface area contributed by atoms with Gasteiger partial charge in [-0.25, -0.2) is 4.98 Å². The smallest absolute Gasteiger partial charge is 0.145 e. The minimum Gasteiger partial charge on any atom is -0.366 e. The highest BCUT2D eigenvalue weighted by molar-refractivity contribution is 9.10. The predicted octanol–water partition coefficient (Wildman–Crippen LogP) is 3.68. The maximum atomic E-state index is 4.67. The van der Waals surface area contributed by atoms with Crippen LogP contribution < -0.4 is 5.32 Å². The van der Waals surface area contributed by atoms with Crippen molar-refractivity contribution in [3.05, 3.63) is 28.9 Å². The quantitative estimate of drug-likeness (QED) is 0.918. The first-order valence-electron chi connectivity index (χ1n) is 7.47. The Balaban J connectivity index is 1.68. The number of aromatic nitrogens is 2. The van der Waals surface area contributed by atoms with E-state index in [-0.39, 0.29) is 0 Å². The lowest BCUT2D eigenvalue weighted by Crippen LogP contribution is -2.36. The lowest BCUT2D eigenvalue weighted by atomic mass is 9.90. The average molecular weight is 349 g/mol. The molecule has 2 aromatic rings. The number of rotatable bonds is 3. The van der Waals surface area contributed by atoms with Crippen molar-refractivity contribution in [1.82, 2.24) is 14.9 Å². The zero-order valence-corrected chi connectivity index (χ0v) is 14.1. The van der Waals surface area contributed by atoms with Crippen LogP contribution in [0, 0.1) is 0 Å². The zero-order valence-electron chi connectivity index (χ0n) is 12.5. The van der Waals surface area contributed by atoms with Gasteiger partial charge in [-0.3, -0.25) is 4.98 Å². The summed E-state index contributed by atoms with van der Waals surface area (Å²) in [6.45, 7) is 0. The fraction of sp³-hybridized carbons (Fsp3) is 0.500. The van der Waals surface area contributed by atoms with Crippen LogP contribution in [0.4, 0.5) is 5.82 Å². The third-order valence-electron chi connectivity index (χ3n) is 4.28. The molecule has 1 aliphatic rings. The minimum absolute atomic E-state index is 0.514. The fourth-order valence-corrected chi connectivity index (χ4v) is 3.35. The molecular weight excluding hydrogens is 328 g/mol. The van der Waals surface area contributed by atoms with E-state index in [9.17, 15) is 0 Å². The van der Waals surface area contributed by atoms with E-state index in [0.29, 0.717) is 6.04 Å². The van der Waals surface area contributed by atoms with Gasteiger partial charge in [0.1, 0.15) is 5.82 Å². The molecule has 0 amide bonds. The number of fused-ring (bicyclic) bond motifs is 1. The second-order valence-corrected chi connectivity index (χ2v) is 6.92. The van der Waals surface area contributed by atoms with E-state index < -0.39 is 0 Å². The van der Waals surface area contributed by atoms with Crippen molar-refractivity contribution < 1.29 is 0 Å². The Morgan fingerprint density at radius 1 is 1.14 bits per heavy atom. The molecule has 1 aromatic heterocycles. The van der Waals surface area contributed by atoms with Gasteiger partial charge in [0.15, 0.2) is 0 Å². The summed E-state index contributed by atoms with van der Waals surface area (Å²) < 4.78 is 1.04. The van der Waals surface area contributed by atoms with E-state index in [2.05, 4.69) is 50.2 Å². The van der Waals surface area contributed by atoms with Crippen LogP contribution >= 0.6 is 15.9 Å². The van der Waals surface area contributed by atoms with Gasteiger partial charge in [0.25, 0.3) is 0 Å². The molecular formula is C16H21BrN4. The molecule has 5 heteroatoms. The molecule has 1 aliphatic carbocycles. The van der Waals surface area contributed by atoms with Crippen LogP contribution in [0.3, 0.4) is 0 Å². The molecule has 0 saturated heterocycles. The Bertz CT molecular complexity index is 621. The first-order valence-corrected chi connectivity index (χ1v) is 8.26. The summed E-state index contributed by atoms with van der Waals surface area (Å²) in [4.78, 5) is 11.5. The Kier molecular flexibility index (Phi) is 4.40. The number of hydrogen-bond donors (Lipinski definition) is 1. The molecule has 0 radical (unpaired) electrons. The van der Waals surface area contributed by atoms with Crippen molar-refractivity contribution in [3.63, 3.8) is 0 Å². The summed E-state index contributed by atoms with van der Waals surface area (Å²) in [7, 11) is 4.34. The molecule has 0 spiro atoms. The van der Waals surface area contributed by atoms with Gasteiger partial charge in [0, 0.05) is 16.6 Å². The van der Waals surface area contributed by atoms with Crippen molar-refractivity contribution in [2.24, 2.45) is 0 Å². The second kappa shape index (κ2) is 6.28. The number of nitrogens with one attached hydrogen (secondary N) is 1. The average Bonchev–Trinajstić information content (AvgIpc) is 2.47. The molecule has 1 aromatic carbocycles. The lowest BCUT2D eigenvalue weighted by molar-refractivity contribution is 0.221. The number of halogens is 1. The van der Waals surface area contributed by atoms with Gasteiger partial charge in [-0.15, -0.1) is 0 Å². The molecule has 0 aliphatic heterocycles. The molecule has 3 rings (SSSR count). The minimum atomic E-state index is 0.514. The van der Waals surface area contributed by atoms with Crippen LogP contribution in [0.25, 0.3) is 11.0 Å². The molecule has 1 saturated carbocycles. The normalized spacial score (nSPS) is 22.7. The topological polar surface area (TPSA) is 41.0 Å². The summed E-state index contributed by atoms with van der Waals surface area (Å²) in [6, 6.07) is 7.23. The second-order valence-electron chi connectivity index (χ2n) is 6.00. The summed E-state index contributed by atoms with van der Waals surface area (Å²) in [5, 5.41) is 3.54. The molecule has 0 unspecified atom stereocenters. The first kappa shape index (κ1) is 14.7. The van der Waals surface area contributed by atoms with Crippen molar-refractivity contribution in [2.45, 2.75) is 37.8 Å². The highest BCUT2D eigenvalue weighted by Crippen LogP contribution is 2.24. The fourth-order valence-electron chi connectivity index (χ4n) is 3.00. The van der Waals surface area contributed by atoms with Gasteiger partial charge in [-0.05, 0) is 58.0 Å². The molecule has 1 heterocycles. The number of nitrogens with zero attached hydrogens (tertiary/aromatic N) is 3. The zero-order chi connectivity index (χ0) is 14.8. The van der Waals surface area contributed by atoms with E-state index in [1.54, 1.807) is 0 Å². The van der Waals surface area contributed by atoms with Crippen LogP contribution in [0.2, 0.25) is 0 Å². The Labute approximate surface area is 134 Å². The molecule has 4 nitrogen and oxygen atoms in total. The highest BCUT2D eigenvalue weighted by Gasteiger charge is 2.22. The molecule has 0 bridgehead atoms. The monoisotopic (exact) mass is 348 g/mol. The van der Waals surface area contributed by atoms with Gasteiger partial charge in [-0.2, -0.15) is 0 Å². The van der Waals surface area contributed by atoms with E-state index in [0.717, 1.165) is 27.4 Å². The number of anilines is 1. The summed E-state index contributed by atoms with van der Waals surface area (Å²) >= 11 is 3.48. The SMILES string of the molecule is CN(C)C1CCC(Nc2cnc3ccc(Br)cc3n2)CC1. The van der Waals surface area contributed by atoms with Crippen molar-refractivity contribution in [2.75, 3.05) is 19.4 Å². The van der Waals surface area contributed by atoms with Crippen LogP contribution in [0.15, 0.2) is 28.9 Å². The number of hydrogen-bond acceptors (Lipinski definition) is 4. The van der Waals surface area contributed by atoms with E-state index >= 15 is 0 Å².